The Kier molecular flexibility index (Phi) is 5.51. The van der Waals surface area contributed by atoms with Gasteiger partial charge in [0.1, 0.15) is 17.1 Å². The summed E-state index contributed by atoms with van der Waals surface area (Å²) < 4.78 is 16.2. The third kappa shape index (κ3) is 3.68. The van der Waals surface area contributed by atoms with E-state index >= 15 is 0 Å². The SMILES string of the molecule is COc1cc(OC)c2c(C(C)C)cc(=O)oc2c1C(=O)/C=C/N(C)C. The minimum absolute atomic E-state index is 0.0502. The number of methoxy groups -OCH3 is 2. The van der Waals surface area contributed by atoms with E-state index in [2.05, 4.69) is 0 Å². The lowest BCUT2D eigenvalue weighted by Gasteiger charge is -2.16. The molecule has 0 unspecified atom stereocenters. The van der Waals surface area contributed by atoms with Crippen LogP contribution in [0, 0.1) is 0 Å². The van der Waals surface area contributed by atoms with Gasteiger partial charge >= 0.3 is 5.63 Å². The number of allylic oxidation sites excluding steroid dienone is 1. The molecule has 0 N–H and O–H groups in total. The van der Waals surface area contributed by atoms with Crippen LogP contribution in [0.2, 0.25) is 0 Å². The van der Waals surface area contributed by atoms with Crippen molar-refractivity contribution in [2.75, 3.05) is 28.3 Å². The van der Waals surface area contributed by atoms with Crippen LogP contribution in [0.1, 0.15) is 35.7 Å². The largest absolute Gasteiger partial charge is 0.496 e. The van der Waals surface area contributed by atoms with Crippen LogP contribution in [0.15, 0.2) is 33.6 Å². The molecule has 0 bridgehead atoms. The maximum absolute atomic E-state index is 12.7. The minimum atomic E-state index is -0.517. The number of carbonyl (C=O) groups is 1. The van der Waals surface area contributed by atoms with Gasteiger partial charge in [0, 0.05) is 38.5 Å². The number of nitrogens with zero attached hydrogens (tertiary/aromatic N) is 1. The summed E-state index contributed by atoms with van der Waals surface area (Å²) in [6.07, 6.45) is 3.04. The summed E-state index contributed by atoms with van der Waals surface area (Å²) in [6.45, 7) is 3.93. The number of fused-ring (bicyclic) bond motifs is 1. The number of ether oxygens (including phenoxy) is 2. The molecule has 6 nitrogen and oxygen atoms in total. The molecule has 0 aliphatic heterocycles. The summed E-state index contributed by atoms with van der Waals surface area (Å²) in [5.74, 6) is 0.519. The topological polar surface area (TPSA) is 69.0 Å². The molecule has 134 valence electrons. The summed E-state index contributed by atoms with van der Waals surface area (Å²) in [5.41, 5.74) is 0.630. The Labute approximate surface area is 146 Å². The molecule has 1 heterocycles. The molecule has 6 heteroatoms. The maximum Gasteiger partial charge on any atom is 0.336 e. The van der Waals surface area contributed by atoms with Crippen molar-refractivity contribution in [3.05, 3.63) is 46.0 Å². The van der Waals surface area contributed by atoms with E-state index in [1.165, 1.54) is 26.4 Å². The molecule has 2 aromatic rings. The predicted molar refractivity (Wildman–Crippen MR) is 96.8 cm³/mol. The first-order valence-electron chi connectivity index (χ1n) is 7.91. The Morgan fingerprint density at radius 1 is 1.16 bits per heavy atom. The van der Waals surface area contributed by atoms with Gasteiger partial charge in [0.25, 0.3) is 0 Å². The fraction of sp³-hybridized carbons (Fsp3) is 0.368. The Bertz CT molecular complexity index is 877. The molecule has 0 radical (unpaired) electrons. The molecule has 1 aromatic carbocycles. The van der Waals surface area contributed by atoms with Crippen molar-refractivity contribution in [3.63, 3.8) is 0 Å². The number of hydrogen-bond acceptors (Lipinski definition) is 6. The van der Waals surface area contributed by atoms with E-state index in [0.717, 1.165) is 5.56 Å². The van der Waals surface area contributed by atoms with Crippen molar-refractivity contribution in [1.29, 1.82) is 0 Å². The summed E-state index contributed by atoms with van der Waals surface area (Å²) in [4.78, 5) is 26.5. The highest BCUT2D eigenvalue weighted by Gasteiger charge is 2.24. The Balaban J connectivity index is 2.93. The molecular formula is C19H23NO5. The van der Waals surface area contributed by atoms with Gasteiger partial charge in [-0.25, -0.2) is 4.79 Å². The lowest BCUT2D eigenvalue weighted by atomic mass is 9.95. The maximum atomic E-state index is 12.7. The van der Waals surface area contributed by atoms with E-state index < -0.39 is 5.63 Å². The van der Waals surface area contributed by atoms with Gasteiger partial charge in [0.2, 0.25) is 0 Å². The van der Waals surface area contributed by atoms with Crippen molar-refractivity contribution in [2.24, 2.45) is 0 Å². The van der Waals surface area contributed by atoms with Crippen molar-refractivity contribution in [1.82, 2.24) is 4.90 Å². The van der Waals surface area contributed by atoms with Crippen molar-refractivity contribution in [3.8, 4) is 11.5 Å². The first kappa shape index (κ1) is 18.6. The number of rotatable bonds is 6. The van der Waals surface area contributed by atoms with Gasteiger partial charge in [-0.05, 0) is 11.5 Å². The number of benzene rings is 1. The minimum Gasteiger partial charge on any atom is -0.496 e. The van der Waals surface area contributed by atoms with Crippen LogP contribution in [0.25, 0.3) is 11.0 Å². The van der Waals surface area contributed by atoms with Crippen LogP contribution >= 0.6 is 0 Å². The van der Waals surface area contributed by atoms with Crippen LogP contribution < -0.4 is 15.1 Å². The van der Waals surface area contributed by atoms with Gasteiger partial charge in [-0.15, -0.1) is 0 Å². The smallest absolute Gasteiger partial charge is 0.336 e. The van der Waals surface area contributed by atoms with Crippen LogP contribution in [-0.2, 0) is 0 Å². The van der Waals surface area contributed by atoms with Gasteiger partial charge in [-0.1, -0.05) is 13.8 Å². The van der Waals surface area contributed by atoms with E-state index in [9.17, 15) is 9.59 Å². The molecule has 0 atom stereocenters. The van der Waals surface area contributed by atoms with Gasteiger partial charge < -0.3 is 18.8 Å². The van der Waals surface area contributed by atoms with Crippen LogP contribution in [0.5, 0.6) is 11.5 Å². The molecule has 2 rings (SSSR count). The summed E-state index contributed by atoms with van der Waals surface area (Å²) >= 11 is 0. The monoisotopic (exact) mass is 345 g/mol. The molecule has 1 aromatic heterocycles. The average Bonchev–Trinajstić information content (AvgIpc) is 2.56. The predicted octanol–water partition coefficient (Wildman–Crippen LogP) is 3.19. The average molecular weight is 345 g/mol. The second-order valence-corrected chi connectivity index (χ2v) is 6.18. The zero-order valence-electron chi connectivity index (χ0n) is 15.4. The zero-order chi connectivity index (χ0) is 18.7. The lowest BCUT2D eigenvalue weighted by Crippen LogP contribution is -2.09. The lowest BCUT2D eigenvalue weighted by molar-refractivity contribution is 0.104. The molecule has 0 saturated heterocycles. The number of hydrogen-bond donors (Lipinski definition) is 0. The summed E-state index contributed by atoms with van der Waals surface area (Å²) in [7, 11) is 6.60. The van der Waals surface area contributed by atoms with E-state index in [0.29, 0.717) is 16.9 Å². The molecule has 25 heavy (non-hydrogen) atoms. The molecule has 0 amide bonds. The Morgan fingerprint density at radius 3 is 2.32 bits per heavy atom. The molecule has 0 aliphatic carbocycles. The third-order valence-electron chi connectivity index (χ3n) is 3.81. The third-order valence-corrected chi connectivity index (χ3v) is 3.81. The fourth-order valence-electron chi connectivity index (χ4n) is 2.63. The van der Waals surface area contributed by atoms with Gasteiger partial charge in [0.05, 0.1) is 19.6 Å². The number of ketones is 1. The fourth-order valence-corrected chi connectivity index (χ4v) is 2.63. The van der Waals surface area contributed by atoms with Crippen LogP contribution in [0.3, 0.4) is 0 Å². The molecule has 0 aliphatic rings. The highest BCUT2D eigenvalue weighted by atomic mass is 16.5. The highest BCUT2D eigenvalue weighted by Crippen LogP contribution is 2.39. The molecule has 0 spiro atoms. The molecule has 0 fully saturated rings. The van der Waals surface area contributed by atoms with E-state index in [-0.39, 0.29) is 22.8 Å². The second kappa shape index (κ2) is 7.42. The van der Waals surface area contributed by atoms with E-state index in [1.807, 2.05) is 27.9 Å². The van der Waals surface area contributed by atoms with Crippen molar-refractivity contribution < 1.29 is 18.7 Å². The van der Waals surface area contributed by atoms with E-state index in [4.69, 9.17) is 13.9 Å². The first-order valence-corrected chi connectivity index (χ1v) is 7.91. The standard InChI is InChI=1S/C19H23NO5/c1-11(2)12-9-16(22)25-19-17(12)14(23-5)10-15(24-6)18(19)13(21)7-8-20(3)4/h7-11H,1-6H3/b8-7+. The second-order valence-electron chi connectivity index (χ2n) is 6.18. The summed E-state index contributed by atoms with van der Waals surface area (Å²) in [5, 5.41) is 0.611. The van der Waals surface area contributed by atoms with Crippen LogP contribution in [-0.4, -0.2) is 39.0 Å². The van der Waals surface area contributed by atoms with Crippen molar-refractivity contribution in [2.45, 2.75) is 19.8 Å². The van der Waals surface area contributed by atoms with Gasteiger partial charge in [-0.2, -0.15) is 0 Å². The van der Waals surface area contributed by atoms with Gasteiger partial charge in [-0.3, -0.25) is 4.79 Å². The normalized spacial score (nSPS) is 11.3. The highest BCUT2D eigenvalue weighted by molar-refractivity contribution is 6.15. The number of carbonyl (C=O) groups excluding carboxylic acids is 1. The van der Waals surface area contributed by atoms with Crippen LogP contribution in [0.4, 0.5) is 0 Å². The quantitative estimate of drug-likeness (QED) is 0.455. The Morgan fingerprint density at radius 2 is 1.80 bits per heavy atom. The molecular weight excluding hydrogens is 322 g/mol. The van der Waals surface area contributed by atoms with Crippen molar-refractivity contribution >= 4 is 16.8 Å². The van der Waals surface area contributed by atoms with Gasteiger partial charge in [0.15, 0.2) is 11.4 Å². The summed E-state index contributed by atoms with van der Waals surface area (Å²) in [6, 6.07) is 3.08. The Hall–Kier alpha value is -2.76. The first-order chi connectivity index (χ1) is 11.8. The molecule has 0 saturated carbocycles. The van der Waals surface area contributed by atoms with E-state index in [1.54, 1.807) is 17.2 Å². The zero-order valence-corrected chi connectivity index (χ0v) is 15.4.